The molecule has 16 heavy (non-hydrogen) atoms. The summed E-state index contributed by atoms with van der Waals surface area (Å²) in [6, 6.07) is 0. The third-order valence-corrected chi connectivity index (χ3v) is 2.54. The van der Waals surface area contributed by atoms with Gasteiger partial charge < -0.3 is 5.11 Å². The van der Waals surface area contributed by atoms with Crippen LogP contribution in [0.25, 0.3) is 0 Å². The van der Waals surface area contributed by atoms with Crippen molar-refractivity contribution >= 4 is 11.8 Å². The highest BCUT2D eigenvalue weighted by Crippen LogP contribution is 2.21. The lowest BCUT2D eigenvalue weighted by molar-refractivity contribution is -0.141. The second kappa shape index (κ2) is 4.37. The lowest BCUT2D eigenvalue weighted by Gasteiger charge is -2.29. The van der Waals surface area contributed by atoms with Gasteiger partial charge in [0.1, 0.15) is 0 Å². The number of carbonyl (C=O) groups is 2. The number of nitrogens with zero attached hydrogens (tertiary/aromatic N) is 1. The maximum atomic E-state index is 11.6. The zero-order valence-corrected chi connectivity index (χ0v) is 10.3. The van der Waals surface area contributed by atoms with Crippen LogP contribution in [0.2, 0.25) is 0 Å². The lowest BCUT2D eigenvalue weighted by Crippen LogP contribution is -2.44. The molecule has 0 saturated carbocycles. The van der Waals surface area contributed by atoms with Gasteiger partial charge in [-0.2, -0.15) is 0 Å². The Labute approximate surface area is 95.9 Å². The van der Waals surface area contributed by atoms with Crippen molar-refractivity contribution in [2.45, 2.75) is 39.7 Å². The van der Waals surface area contributed by atoms with Crippen LogP contribution in [0.1, 0.15) is 34.1 Å². The van der Waals surface area contributed by atoms with E-state index in [0.29, 0.717) is 17.9 Å². The van der Waals surface area contributed by atoms with Crippen molar-refractivity contribution < 1.29 is 14.7 Å². The summed E-state index contributed by atoms with van der Waals surface area (Å²) in [6.07, 6.45) is 1.87. The summed E-state index contributed by atoms with van der Waals surface area (Å²) >= 11 is 0. The largest absolute Gasteiger partial charge is 0.388 e. The number of aliphatic hydroxyl groups is 1. The van der Waals surface area contributed by atoms with Crippen LogP contribution in [0.3, 0.4) is 0 Å². The molecule has 0 aromatic rings. The number of β-amino-alcohol motifs (C(OH)–C–C–N with tert-alkyl or cyclic N) is 1. The van der Waals surface area contributed by atoms with E-state index < -0.39 is 5.60 Å². The average Bonchev–Trinajstić information content (AvgIpc) is 2.29. The molecule has 1 aliphatic rings. The molecule has 90 valence electrons. The van der Waals surface area contributed by atoms with Crippen LogP contribution in [0.5, 0.6) is 0 Å². The molecule has 0 aromatic heterocycles. The average molecular weight is 225 g/mol. The summed E-state index contributed by atoms with van der Waals surface area (Å²) in [7, 11) is 0. The first-order valence-corrected chi connectivity index (χ1v) is 5.49. The third kappa shape index (κ3) is 2.92. The van der Waals surface area contributed by atoms with Crippen molar-refractivity contribution in [1.29, 1.82) is 0 Å². The van der Waals surface area contributed by atoms with E-state index in [1.165, 1.54) is 6.08 Å². The number of imide groups is 1. The van der Waals surface area contributed by atoms with E-state index in [1.807, 2.05) is 13.8 Å². The van der Waals surface area contributed by atoms with E-state index in [1.54, 1.807) is 13.8 Å². The first-order chi connectivity index (χ1) is 7.23. The summed E-state index contributed by atoms with van der Waals surface area (Å²) in [4.78, 5) is 24.2. The number of rotatable bonds is 4. The van der Waals surface area contributed by atoms with E-state index in [2.05, 4.69) is 0 Å². The number of amides is 2. The first kappa shape index (κ1) is 12.9. The normalized spacial score (nSPS) is 20.4. The van der Waals surface area contributed by atoms with Gasteiger partial charge in [0.05, 0.1) is 12.1 Å². The topological polar surface area (TPSA) is 57.6 Å². The van der Waals surface area contributed by atoms with Crippen LogP contribution in [-0.2, 0) is 9.59 Å². The minimum atomic E-state index is -1.02. The van der Waals surface area contributed by atoms with Gasteiger partial charge in [-0.3, -0.25) is 14.5 Å². The Hall–Kier alpha value is -1.16. The quantitative estimate of drug-likeness (QED) is 0.729. The highest BCUT2D eigenvalue weighted by Gasteiger charge is 2.34. The van der Waals surface area contributed by atoms with Gasteiger partial charge in [-0.1, -0.05) is 13.8 Å². The fraction of sp³-hybridized carbons (Fsp3) is 0.667. The molecule has 0 fully saturated rings. The molecular weight excluding hydrogens is 206 g/mol. The van der Waals surface area contributed by atoms with Gasteiger partial charge in [-0.05, 0) is 26.2 Å². The van der Waals surface area contributed by atoms with E-state index in [4.69, 9.17) is 0 Å². The van der Waals surface area contributed by atoms with Crippen molar-refractivity contribution in [1.82, 2.24) is 4.90 Å². The van der Waals surface area contributed by atoms with Gasteiger partial charge >= 0.3 is 0 Å². The SMILES string of the molecule is CC1=CC(=O)N(CC(C)(O)CC(C)C)C1=O. The molecule has 0 saturated heterocycles. The Morgan fingerprint density at radius 2 is 2.00 bits per heavy atom. The summed E-state index contributed by atoms with van der Waals surface area (Å²) in [5.74, 6) is -0.308. The standard InChI is InChI=1S/C12H19NO3/c1-8(2)6-12(4,16)7-13-10(14)5-9(3)11(13)15/h5,8,16H,6-7H2,1-4H3. The highest BCUT2D eigenvalue weighted by molar-refractivity contribution is 6.15. The Balaban J connectivity index is 2.69. The van der Waals surface area contributed by atoms with E-state index in [0.717, 1.165) is 4.90 Å². The maximum Gasteiger partial charge on any atom is 0.256 e. The third-order valence-electron chi connectivity index (χ3n) is 2.54. The van der Waals surface area contributed by atoms with Crippen molar-refractivity contribution in [3.8, 4) is 0 Å². The van der Waals surface area contributed by atoms with Gasteiger partial charge in [0.15, 0.2) is 0 Å². The van der Waals surface area contributed by atoms with Gasteiger partial charge in [-0.15, -0.1) is 0 Å². The Bertz CT molecular complexity index is 342. The van der Waals surface area contributed by atoms with Crippen molar-refractivity contribution in [3.05, 3.63) is 11.6 Å². The molecule has 0 spiro atoms. The molecule has 4 nitrogen and oxygen atoms in total. The smallest absolute Gasteiger partial charge is 0.256 e. The zero-order valence-electron chi connectivity index (χ0n) is 10.3. The predicted octanol–water partition coefficient (Wildman–Crippen LogP) is 1.10. The van der Waals surface area contributed by atoms with Gasteiger partial charge in [-0.25, -0.2) is 0 Å². The Morgan fingerprint density at radius 1 is 1.44 bits per heavy atom. The molecule has 2 amide bonds. The fourth-order valence-corrected chi connectivity index (χ4v) is 2.07. The second-order valence-electron chi connectivity index (χ2n) is 5.15. The minimum absolute atomic E-state index is 0.0662. The summed E-state index contributed by atoms with van der Waals surface area (Å²) in [5.41, 5.74) is -0.580. The van der Waals surface area contributed by atoms with Crippen LogP contribution in [0.4, 0.5) is 0 Å². The highest BCUT2D eigenvalue weighted by atomic mass is 16.3. The summed E-state index contributed by atoms with van der Waals surface area (Å²) in [6.45, 7) is 7.31. The van der Waals surface area contributed by atoms with Gasteiger partial charge in [0.25, 0.3) is 11.8 Å². The molecule has 0 bridgehead atoms. The number of hydrogen-bond acceptors (Lipinski definition) is 3. The van der Waals surface area contributed by atoms with Crippen molar-refractivity contribution in [2.24, 2.45) is 5.92 Å². The van der Waals surface area contributed by atoms with Crippen LogP contribution in [0.15, 0.2) is 11.6 Å². The van der Waals surface area contributed by atoms with Crippen LogP contribution >= 0.6 is 0 Å². The molecule has 1 N–H and O–H groups in total. The lowest BCUT2D eigenvalue weighted by atomic mass is 9.94. The van der Waals surface area contributed by atoms with Crippen molar-refractivity contribution in [3.63, 3.8) is 0 Å². The molecule has 0 radical (unpaired) electrons. The van der Waals surface area contributed by atoms with Gasteiger partial charge in [0, 0.05) is 11.6 Å². The van der Waals surface area contributed by atoms with Crippen LogP contribution in [0, 0.1) is 5.92 Å². The molecule has 1 heterocycles. The van der Waals surface area contributed by atoms with Crippen LogP contribution < -0.4 is 0 Å². The first-order valence-electron chi connectivity index (χ1n) is 5.49. The van der Waals surface area contributed by atoms with E-state index in [-0.39, 0.29) is 18.4 Å². The zero-order chi connectivity index (χ0) is 12.5. The molecule has 4 heteroatoms. The molecule has 1 unspecified atom stereocenters. The molecule has 0 aromatic carbocycles. The number of carbonyl (C=O) groups excluding carboxylic acids is 2. The molecule has 0 aliphatic carbocycles. The summed E-state index contributed by atoms with van der Waals surface area (Å²) < 4.78 is 0. The molecule has 1 aliphatic heterocycles. The molecule has 1 atom stereocenters. The summed E-state index contributed by atoms with van der Waals surface area (Å²) in [5, 5.41) is 10.1. The second-order valence-corrected chi connectivity index (χ2v) is 5.15. The molecule has 1 rings (SSSR count). The monoisotopic (exact) mass is 225 g/mol. The van der Waals surface area contributed by atoms with Crippen molar-refractivity contribution in [2.75, 3.05) is 6.54 Å². The Morgan fingerprint density at radius 3 is 2.38 bits per heavy atom. The van der Waals surface area contributed by atoms with E-state index >= 15 is 0 Å². The maximum absolute atomic E-state index is 11.6. The molecular formula is C12H19NO3. The van der Waals surface area contributed by atoms with Gasteiger partial charge in [0.2, 0.25) is 0 Å². The number of hydrogen-bond donors (Lipinski definition) is 1. The van der Waals surface area contributed by atoms with E-state index in [9.17, 15) is 14.7 Å². The fourth-order valence-electron chi connectivity index (χ4n) is 2.07. The minimum Gasteiger partial charge on any atom is -0.388 e. The predicted molar refractivity (Wildman–Crippen MR) is 60.6 cm³/mol. The van der Waals surface area contributed by atoms with Crippen LogP contribution in [-0.4, -0.2) is 34.0 Å². The Kier molecular flexibility index (Phi) is 3.53.